The van der Waals surface area contributed by atoms with Crippen LogP contribution in [0.15, 0.2) is 23.2 Å². The Bertz CT molecular complexity index is 575. The van der Waals surface area contributed by atoms with E-state index in [1.165, 1.54) is 19.0 Å². The Morgan fingerprint density at radius 3 is 2.65 bits per heavy atom. The van der Waals surface area contributed by atoms with Gasteiger partial charge in [0.15, 0.2) is 17.6 Å². The second-order valence-corrected chi connectivity index (χ2v) is 6.45. The molecule has 5 nitrogen and oxygen atoms in total. The normalized spacial score (nSPS) is 16.5. The smallest absolute Gasteiger partial charge is 0.191 e. The lowest BCUT2D eigenvalue weighted by molar-refractivity contribution is 0.206. The summed E-state index contributed by atoms with van der Waals surface area (Å²) in [4.78, 5) is 7.00. The van der Waals surface area contributed by atoms with Crippen LogP contribution in [0.3, 0.4) is 0 Å². The Morgan fingerprint density at radius 2 is 2.00 bits per heavy atom. The van der Waals surface area contributed by atoms with Crippen molar-refractivity contribution in [1.82, 2.24) is 15.5 Å². The molecular formula is C19H30F2N4O. The molecule has 26 heavy (non-hydrogen) atoms. The third kappa shape index (κ3) is 6.78. The maximum absolute atomic E-state index is 13.1. The predicted octanol–water partition coefficient (Wildman–Crippen LogP) is 2.77. The van der Waals surface area contributed by atoms with Crippen molar-refractivity contribution < 1.29 is 13.5 Å². The van der Waals surface area contributed by atoms with Crippen LogP contribution < -0.4 is 15.4 Å². The van der Waals surface area contributed by atoms with Gasteiger partial charge in [0.25, 0.3) is 0 Å². The van der Waals surface area contributed by atoms with E-state index in [1.807, 2.05) is 6.92 Å². The lowest BCUT2D eigenvalue weighted by Crippen LogP contribution is -2.48. The summed E-state index contributed by atoms with van der Waals surface area (Å²) >= 11 is 0. The van der Waals surface area contributed by atoms with Crippen LogP contribution >= 0.6 is 0 Å². The zero-order valence-corrected chi connectivity index (χ0v) is 15.7. The number of likely N-dealkylation sites (tertiary alicyclic amines) is 1. The van der Waals surface area contributed by atoms with E-state index < -0.39 is 11.6 Å². The molecule has 0 spiro atoms. The van der Waals surface area contributed by atoms with Gasteiger partial charge < -0.3 is 20.3 Å². The lowest BCUT2D eigenvalue weighted by Gasteiger charge is -2.32. The number of nitrogens with one attached hydrogen (secondary N) is 2. The number of halogens is 2. The maximum atomic E-state index is 13.1. The summed E-state index contributed by atoms with van der Waals surface area (Å²) in [7, 11) is 0. The second kappa shape index (κ2) is 11.0. The van der Waals surface area contributed by atoms with Gasteiger partial charge in [-0.25, -0.2) is 13.8 Å². The highest BCUT2D eigenvalue weighted by molar-refractivity contribution is 5.80. The summed E-state index contributed by atoms with van der Waals surface area (Å²) in [5, 5.41) is 6.72. The van der Waals surface area contributed by atoms with Gasteiger partial charge in [0.1, 0.15) is 12.4 Å². The highest BCUT2D eigenvalue weighted by Crippen LogP contribution is 2.15. The second-order valence-electron chi connectivity index (χ2n) is 6.45. The molecule has 1 aliphatic rings. The minimum Gasteiger partial charge on any atom is -0.492 e. The molecule has 1 aliphatic heterocycles. The first-order chi connectivity index (χ1) is 12.6. The molecule has 1 saturated heterocycles. The first-order valence-corrected chi connectivity index (χ1v) is 9.47. The highest BCUT2D eigenvalue weighted by atomic mass is 19.2. The number of hydrogen-bond donors (Lipinski definition) is 2. The number of guanidine groups is 1. The number of nitrogens with zero attached hydrogens (tertiary/aromatic N) is 2. The average molecular weight is 368 g/mol. The number of ether oxygens (including phenoxy) is 1. The Hall–Kier alpha value is -1.89. The molecule has 2 N–H and O–H groups in total. The fourth-order valence-electron chi connectivity index (χ4n) is 3.02. The first kappa shape index (κ1) is 20.4. The first-order valence-electron chi connectivity index (χ1n) is 9.47. The fourth-order valence-corrected chi connectivity index (χ4v) is 3.02. The molecule has 2 rings (SSSR count). The largest absolute Gasteiger partial charge is 0.492 e. The fraction of sp³-hybridized carbons (Fsp3) is 0.632. The number of hydrogen-bond acceptors (Lipinski definition) is 3. The van der Waals surface area contributed by atoms with E-state index in [0.717, 1.165) is 50.6 Å². The SMILES string of the molecule is CCCN1CCC(NC(=NCCOc2ccc(F)c(F)c2)NCC)CC1. The summed E-state index contributed by atoms with van der Waals surface area (Å²) in [5.41, 5.74) is 0. The van der Waals surface area contributed by atoms with Gasteiger partial charge in [-0.3, -0.25) is 0 Å². The quantitative estimate of drug-likeness (QED) is 0.421. The van der Waals surface area contributed by atoms with Crippen molar-refractivity contribution in [3.63, 3.8) is 0 Å². The molecular weight excluding hydrogens is 338 g/mol. The van der Waals surface area contributed by atoms with Crippen LogP contribution in [0.5, 0.6) is 5.75 Å². The minimum absolute atomic E-state index is 0.302. The van der Waals surface area contributed by atoms with Gasteiger partial charge in [-0.05, 0) is 44.9 Å². The molecule has 1 fully saturated rings. The topological polar surface area (TPSA) is 48.9 Å². The van der Waals surface area contributed by atoms with Gasteiger partial charge in [-0.2, -0.15) is 0 Å². The summed E-state index contributed by atoms with van der Waals surface area (Å²) in [6.45, 7) is 9.15. The monoisotopic (exact) mass is 368 g/mol. The van der Waals surface area contributed by atoms with Crippen molar-refractivity contribution in [2.24, 2.45) is 4.99 Å². The molecule has 0 unspecified atom stereocenters. The van der Waals surface area contributed by atoms with Crippen molar-refractivity contribution in [2.75, 3.05) is 39.3 Å². The van der Waals surface area contributed by atoms with Crippen LogP contribution in [0.25, 0.3) is 0 Å². The minimum atomic E-state index is -0.907. The Balaban J connectivity index is 1.76. The summed E-state index contributed by atoms with van der Waals surface area (Å²) in [5.74, 6) is -0.704. The van der Waals surface area contributed by atoms with Gasteiger partial charge in [-0.15, -0.1) is 0 Å². The van der Waals surface area contributed by atoms with E-state index >= 15 is 0 Å². The van der Waals surface area contributed by atoms with Crippen LogP contribution in [0.4, 0.5) is 8.78 Å². The van der Waals surface area contributed by atoms with Crippen molar-refractivity contribution in [3.05, 3.63) is 29.8 Å². The zero-order valence-electron chi connectivity index (χ0n) is 15.7. The molecule has 0 aromatic heterocycles. The number of rotatable bonds is 8. The Labute approximate surface area is 154 Å². The van der Waals surface area contributed by atoms with Gasteiger partial charge in [0.2, 0.25) is 0 Å². The average Bonchev–Trinajstić information content (AvgIpc) is 2.63. The van der Waals surface area contributed by atoms with E-state index in [-0.39, 0.29) is 0 Å². The molecule has 0 saturated carbocycles. The Kier molecular flexibility index (Phi) is 8.61. The van der Waals surface area contributed by atoms with Crippen LogP contribution in [0.1, 0.15) is 33.1 Å². The predicted molar refractivity (Wildman–Crippen MR) is 101 cm³/mol. The summed E-state index contributed by atoms with van der Waals surface area (Å²) in [6.07, 6.45) is 3.41. The maximum Gasteiger partial charge on any atom is 0.191 e. The molecule has 0 bridgehead atoms. The molecule has 0 radical (unpaired) electrons. The van der Waals surface area contributed by atoms with E-state index in [2.05, 4.69) is 27.4 Å². The van der Waals surface area contributed by atoms with E-state index in [9.17, 15) is 8.78 Å². The molecule has 7 heteroatoms. The summed E-state index contributed by atoms with van der Waals surface area (Å²) in [6, 6.07) is 3.94. The van der Waals surface area contributed by atoms with Gasteiger partial charge in [0, 0.05) is 31.7 Å². The van der Waals surface area contributed by atoms with Gasteiger partial charge in [-0.1, -0.05) is 6.92 Å². The van der Waals surface area contributed by atoms with Gasteiger partial charge >= 0.3 is 0 Å². The van der Waals surface area contributed by atoms with Crippen LogP contribution in [-0.2, 0) is 0 Å². The van der Waals surface area contributed by atoms with Crippen LogP contribution in [0.2, 0.25) is 0 Å². The highest BCUT2D eigenvalue weighted by Gasteiger charge is 2.19. The number of benzene rings is 1. The van der Waals surface area contributed by atoms with Crippen molar-refractivity contribution in [2.45, 2.75) is 39.2 Å². The standard InChI is InChI=1S/C19H30F2N4O/c1-3-10-25-11-7-15(8-12-25)24-19(22-4-2)23-9-13-26-16-5-6-17(20)18(21)14-16/h5-6,14-15H,3-4,7-13H2,1-2H3,(H2,22,23,24). The van der Waals surface area contributed by atoms with Crippen molar-refractivity contribution in [1.29, 1.82) is 0 Å². The van der Waals surface area contributed by atoms with E-state index in [0.29, 0.717) is 24.9 Å². The zero-order chi connectivity index (χ0) is 18.8. The number of aliphatic imine (C=N–C) groups is 1. The molecule has 146 valence electrons. The van der Waals surface area contributed by atoms with E-state index in [4.69, 9.17) is 4.74 Å². The molecule has 0 amide bonds. The molecule has 0 atom stereocenters. The molecule has 1 aromatic carbocycles. The molecule has 1 aromatic rings. The van der Waals surface area contributed by atoms with Crippen molar-refractivity contribution in [3.8, 4) is 5.75 Å². The lowest BCUT2D eigenvalue weighted by atomic mass is 10.1. The Morgan fingerprint density at radius 1 is 1.23 bits per heavy atom. The third-order valence-corrected chi connectivity index (χ3v) is 4.33. The van der Waals surface area contributed by atoms with Crippen LogP contribution in [0, 0.1) is 11.6 Å². The third-order valence-electron chi connectivity index (χ3n) is 4.33. The van der Waals surface area contributed by atoms with Crippen molar-refractivity contribution >= 4 is 5.96 Å². The molecule has 1 heterocycles. The summed E-state index contributed by atoms with van der Waals surface area (Å²) < 4.78 is 31.5. The molecule has 0 aliphatic carbocycles. The number of piperidine rings is 1. The van der Waals surface area contributed by atoms with Crippen LogP contribution in [-0.4, -0.2) is 56.2 Å². The van der Waals surface area contributed by atoms with Gasteiger partial charge in [0.05, 0.1) is 6.54 Å². The van der Waals surface area contributed by atoms with E-state index in [1.54, 1.807) is 0 Å².